The summed E-state index contributed by atoms with van der Waals surface area (Å²) in [5.41, 5.74) is 3.45. The van der Waals surface area contributed by atoms with Crippen molar-refractivity contribution < 1.29 is 0 Å². The second-order valence-electron chi connectivity index (χ2n) is 3.62. The first kappa shape index (κ1) is 10.5. The average Bonchev–Trinajstić information content (AvgIpc) is 2.04. The van der Waals surface area contributed by atoms with Crippen molar-refractivity contribution in [3.63, 3.8) is 0 Å². The van der Waals surface area contributed by atoms with Crippen LogP contribution in [-0.2, 0) is 6.42 Å². The number of aromatic nitrogens is 1. The first-order valence-corrected chi connectivity index (χ1v) is 5.09. The fourth-order valence-corrected chi connectivity index (χ4v) is 2.13. The number of hydrogen-bond donors (Lipinski definition) is 0. The van der Waals surface area contributed by atoms with Crippen molar-refractivity contribution in [2.45, 2.75) is 40.0 Å². The van der Waals surface area contributed by atoms with Gasteiger partial charge in [0.1, 0.15) is 0 Å². The van der Waals surface area contributed by atoms with Gasteiger partial charge in [-0.05, 0) is 30.4 Å². The van der Waals surface area contributed by atoms with Crippen LogP contribution in [0.3, 0.4) is 0 Å². The van der Waals surface area contributed by atoms with Crippen LogP contribution in [0, 0.1) is 6.92 Å². The Balaban J connectivity index is 3.30. The molecule has 72 valence electrons. The maximum atomic E-state index is 6.25. The zero-order valence-corrected chi connectivity index (χ0v) is 9.44. The van der Waals surface area contributed by atoms with Gasteiger partial charge >= 0.3 is 0 Å². The topological polar surface area (TPSA) is 12.9 Å². The first-order chi connectivity index (χ1) is 6.07. The number of pyridine rings is 1. The summed E-state index contributed by atoms with van der Waals surface area (Å²) >= 11 is 6.25. The molecule has 0 saturated carbocycles. The van der Waals surface area contributed by atoms with Gasteiger partial charge in [0, 0.05) is 6.20 Å². The molecule has 0 unspecified atom stereocenters. The minimum Gasteiger partial charge on any atom is -0.259 e. The smallest absolute Gasteiger partial charge is 0.0658 e. The van der Waals surface area contributed by atoms with Crippen molar-refractivity contribution in [2.24, 2.45) is 0 Å². The molecule has 0 fully saturated rings. The highest BCUT2D eigenvalue weighted by atomic mass is 35.5. The Labute approximate surface area is 85.1 Å². The van der Waals surface area contributed by atoms with Crippen LogP contribution in [0.1, 0.15) is 43.5 Å². The number of rotatable bonds is 2. The third-order valence-electron chi connectivity index (χ3n) is 2.24. The minimum absolute atomic E-state index is 0.473. The predicted octanol–water partition coefficient (Wildman–Crippen LogP) is 3.73. The Kier molecular flexibility index (Phi) is 3.32. The molecule has 0 aliphatic rings. The second kappa shape index (κ2) is 4.10. The normalized spacial score (nSPS) is 10.9. The molecule has 0 N–H and O–H groups in total. The van der Waals surface area contributed by atoms with Crippen molar-refractivity contribution in [3.8, 4) is 0 Å². The SMILES string of the molecule is CCc1ncc(C)c(C(C)C)c1Cl. The van der Waals surface area contributed by atoms with Crippen molar-refractivity contribution >= 4 is 11.6 Å². The molecule has 0 aromatic carbocycles. The summed E-state index contributed by atoms with van der Waals surface area (Å²) in [6, 6.07) is 0. The molecular formula is C11H16ClN. The first-order valence-electron chi connectivity index (χ1n) is 4.71. The molecule has 1 rings (SSSR count). The summed E-state index contributed by atoms with van der Waals surface area (Å²) < 4.78 is 0. The Hall–Kier alpha value is -0.560. The summed E-state index contributed by atoms with van der Waals surface area (Å²) in [5, 5.41) is 0.859. The lowest BCUT2D eigenvalue weighted by molar-refractivity contribution is 0.842. The lowest BCUT2D eigenvalue weighted by Crippen LogP contribution is -1.99. The van der Waals surface area contributed by atoms with Gasteiger partial charge in [-0.15, -0.1) is 0 Å². The van der Waals surface area contributed by atoms with Gasteiger partial charge < -0.3 is 0 Å². The Bertz CT molecular complexity index is 305. The Morgan fingerprint density at radius 3 is 2.54 bits per heavy atom. The van der Waals surface area contributed by atoms with Crippen LogP contribution in [0.2, 0.25) is 5.02 Å². The lowest BCUT2D eigenvalue weighted by Gasteiger charge is -2.13. The highest BCUT2D eigenvalue weighted by Crippen LogP contribution is 2.29. The zero-order chi connectivity index (χ0) is 10.0. The summed E-state index contributed by atoms with van der Waals surface area (Å²) in [6.45, 7) is 8.46. The van der Waals surface area contributed by atoms with Gasteiger partial charge in [-0.1, -0.05) is 32.4 Å². The summed E-state index contributed by atoms with van der Waals surface area (Å²) in [4.78, 5) is 4.31. The van der Waals surface area contributed by atoms with E-state index in [9.17, 15) is 0 Å². The maximum absolute atomic E-state index is 6.25. The van der Waals surface area contributed by atoms with Crippen molar-refractivity contribution in [2.75, 3.05) is 0 Å². The third kappa shape index (κ3) is 2.02. The molecule has 13 heavy (non-hydrogen) atoms. The number of aryl methyl sites for hydroxylation is 2. The maximum Gasteiger partial charge on any atom is 0.0658 e. The van der Waals surface area contributed by atoms with Crippen molar-refractivity contribution in [1.82, 2.24) is 4.98 Å². The molecule has 0 saturated heterocycles. The molecule has 2 heteroatoms. The van der Waals surface area contributed by atoms with Gasteiger partial charge in [0.25, 0.3) is 0 Å². The fraction of sp³-hybridized carbons (Fsp3) is 0.545. The minimum atomic E-state index is 0.473. The van der Waals surface area contributed by atoms with Crippen LogP contribution in [0.15, 0.2) is 6.20 Å². The van der Waals surface area contributed by atoms with Gasteiger partial charge in [-0.2, -0.15) is 0 Å². The van der Waals surface area contributed by atoms with E-state index in [1.54, 1.807) is 0 Å². The molecule has 1 nitrogen and oxygen atoms in total. The molecule has 0 aliphatic heterocycles. The highest BCUT2D eigenvalue weighted by Gasteiger charge is 2.12. The lowest BCUT2D eigenvalue weighted by atomic mass is 9.98. The van der Waals surface area contributed by atoms with E-state index >= 15 is 0 Å². The molecule has 0 radical (unpaired) electrons. The van der Waals surface area contributed by atoms with Crippen LogP contribution in [0.5, 0.6) is 0 Å². The Morgan fingerprint density at radius 2 is 2.08 bits per heavy atom. The van der Waals surface area contributed by atoms with E-state index in [-0.39, 0.29) is 0 Å². The summed E-state index contributed by atoms with van der Waals surface area (Å²) in [6.07, 6.45) is 2.82. The Morgan fingerprint density at radius 1 is 1.46 bits per heavy atom. The van der Waals surface area contributed by atoms with E-state index in [4.69, 9.17) is 11.6 Å². The summed E-state index contributed by atoms with van der Waals surface area (Å²) in [5.74, 6) is 0.473. The monoisotopic (exact) mass is 197 g/mol. The van der Waals surface area contributed by atoms with E-state index in [0.29, 0.717) is 5.92 Å². The van der Waals surface area contributed by atoms with E-state index in [0.717, 1.165) is 17.1 Å². The van der Waals surface area contributed by atoms with Crippen molar-refractivity contribution in [1.29, 1.82) is 0 Å². The molecule has 0 bridgehead atoms. The van der Waals surface area contributed by atoms with Crippen LogP contribution in [-0.4, -0.2) is 4.98 Å². The third-order valence-corrected chi connectivity index (χ3v) is 2.66. The average molecular weight is 198 g/mol. The molecule has 0 amide bonds. The summed E-state index contributed by atoms with van der Waals surface area (Å²) in [7, 11) is 0. The molecule has 1 heterocycles. The molecule has 1 aromatic heterocycles. The van der Waals surface area contributed by atoms with Gasteiger partial charge in [0.05, 0.1) is 10.7 Å². The van der Waals surface area contributed by atoms with Crippen LogP contribution >= 0.6 is 11.6 Å². The standard InChI is InChI=1S/C11H16ClN/c1-5-9-11(12)10(7(2)3)8(4)6-13-9/h6-7H,5H2,1-4H3. The van der Waals surface area contributed by atoms with E-state index in [2.05, 4.69) is 32.7 Å². The van der Waals surface area contributed by atoms with E-state index in [1.807, 2.05) is 6.20 Å². The second-order valence-corrected chi connectivity index (χ2v) is 4.00. The predicted molar refractivity (Wildman–Crippen MR) is 57.5 cm³/mol. The van der Waals surface area contributed by atoms with Gasteiger partial charge in [-0.25, -0.2) is 0 Å². The van der Waals surface area contributed by atoms with Gasteiger partial charge in [-0.3, -0.25) is 4.98 Å². The van der Waals surface area contributed by atoms with Gasteiger partial charge in [0.15, 0.2) is 0 Å². The van der Waals surface area contributed by atoms with E-state index < -0.39 is 0 Å². The largest absolute Gasteiger partial charge is 0.259 e. The highest BCUT2D eigenvalue weighted by molar-refractivity contribution is 6.32. The molecular weight excluding hydrogens is 182 g/mol. The molecule has 0 atom stereocenters. The molecule has 0 aliphatic carbocycles. The van der Waals surface area contributed by atoms with Crippen LogP contribution in [0.25, 0.3) is 0 Å². The quantitative estimate of drug-likeness (QED) is 0.704. The van der Waals surface area contributed by atoms with Crippen LogP contribution in [0.4, 0.5) is 0 Å². The number of nitrogens with zero attached hydrogens (tertiary/aromatic N) is 1. The van der Waals surface area contributed by atoms with Gasteiger partial charge in [0.2, 0.25) is 0 Å². The van der Waals surface area contributed by atoms with E-state index in [1.165, 1.54) is 11.1 Å². The van der Waals surface area contributed by atoms with Crippen molar-refractivity contribution in [3.05, 3.63) is 28.0 Å². The number of halogens is 1. The fourth-order valence-electron chi connectivity index (χ4n) is 1.58. The number of hydrogen-bond acceptors (Lipinski definition) is 1. The zero-order valence-electron chi connectivity index (χ0n) is 8.69. The van der Waals surface area contributed by atoms with Crippen LogP contribution < -0.4 is 0 Å². The molecule has 0 spiro atoms. The molecule has 1 aromatic rings.